The summed E-state index contributed by atoms with van der Waals surface area (Å²) in [5, 5.41) is 12.6. The van der Waals surface area contributed by atoms with Gasteiger partial charge in [0.05, 0.1) is 13.0 Å². The van der Waals surface area contributed by atoms with Gasteiger partial charge in [0.1, 0.15) is 11.8 Å². The number of aliphatic carboxylic acids is 1. The number of nitrogens with one attached hydrogen (secondary N) is 1. The molecule has 2 aliphatic rings. The molecule has 0 saturated heterocycles. The molecule has 0 radical (unpaired) electrons. The third-order valence-electron chi connectivity index (χ3n) is 2.34. The van der Waals surface area contributed by atoms with Gasteiger partial charge in [-0.2, -0.15) is 5.10 Å². The van der Waals surface area contributed by atoms with Crippen LogP contribution in [0.25, 0.3) is 0 Å². The van der Waals surface area contributed by atoms with Crippen LogP contribution in [-0.2, 0) is 9.53 Å². The maximum atomic E-state index is 10.8. The number of hydrogen-bond acceptors (Lipinski definition) is 4. The monoisotopic (exact) mass is 194 g/mol. The van der Waals surface area contributed by atoms with E-state index in [0.717, 1.165) is 0 Å². The van der Waals surface area contributed by atoms with Crippen LogP contribution < -0.4 is 5.43 Å². The normalized spacial score (nSPS) is 28.6. The van der Waals surface area contributed by atoms with Gasteiger partial charge in [-0.15, -0.1) is 0 Å². The van der Waals surface area contributed by atoms with Crippen molar-refractivity contribution in [2.24, 2.45) is 11.0 Å². The standard InChI is InChI=1S/C9H10N2O3/c1-14-6-4-2-3-5-7(6)10-11-8(5)9(12)13/h2-5,7,10H,1H3,(H,12,13). The fourth-order valence-corrected chi connectivity index (χ4v) is 1.65. The van der Waals surface area contributed by atoms with E-state index < -0.39 is 5.97 Å². The number of hydrogen-bond donors (Lipinski definition) is 2. The van der Waals surface area contributed by atoms with Crippen molar-refractivity contribution in [2.75, 3.05) is 7.11 Å². The molecule has 2 atom stereocenters. The molecule has 1 aliphatic carbocycles. The van der Waals surface area contributed by atoms with Gasteiger partial charge >= 0.3 is 5.97 Å². The molecule has 2 N–H and O–H groups in total. The first-order valence-corrected chi connectivity index (χ1v) is 4.23. The first kappa shape index (κ1) is 8.80. The fraction of sp³-hybridized carbons (Fsp3) is 0.333. The zero-order chi connectivity index (χ0) is 10.1. The van der Waals surface area contributed by atoms with Crippen molar-refractivity contribution in [1.82, 2.24) is 5.43 Å². The lowest BCUT2D eigenvalue weighted by Crippen LogP contribution is -2.34. The van der Waals surface area contributed by atoms with Gasteiger partial charge in [0.15, 0.2) is 5.71 Å². The zero-order valence-electron chi connectivity index (χ0n) is 7.60. The summed E-state index contributed by atoms with van der Waals surface area (Å²) in [5.41, 5.74) is 2.89. The number of carboxylic acids is 1. The average molecular weight is 194 g/mol. The van der Waals surface area contributed by atoms with Crippen LogP contribution >= 0.6 is 0 Å². The molecule has 0 saturated carbocycles. The molecular formula is C9H10N2O3. The third-order valence-corrected chi connectivity index (χ3v) is 2.34. The van der Waals surface area contributed by atoms with E-state index in [0.29, 0.717) is 5.76 Å². The molecule has 0 aromatic heterocycles. The number of methoxy groups -OCH3 is 1. The van der Waals surface area contributed by atoms with E-state index >= 15 is 0 Å². The molecule has 0 spiro atoms. The van der Waals surface area contributed by atoms with Crippen molar-refractivity contribution in [3.05, 3.63) is 24.0 Å². The second-order valence-electron chi connectivity index (χ2n) is 3.09. The maximum absolute atomic E-state index is 10.8. The lowest BCUT2D eigenvalue weighted by molar-refractivity contribution is -0.129. The lowest BCUT2D eigenvalue weighted by Gasteiger charge is -2.21. The average Bonchev–Trinajstić information content (AvgIpc) is 2.60. The Morgan fingerprint density at radius 3 is 3.14 bits per heavy atom. The van der Waals surface area contributed by atoms with Crippen molar-refractivity contribution in [3.8, 4) is 0 Å². The highest BCUT2D eigenvalue weighted by atomic mass is 16.5. The molecule has 0 amide bonds. The van der Waals surface area contributed by atoms with Gasteiger partial charge in [-0.1, -0.05) is 12.2 Å². The van der Waals surface area contributed by atoms with Gasteiger partial charge in [0, 0.05) is 0 Å². The number of ether oxygens (including phenoxy) is 1. The SMILES string of the molecule is COC1=CC=CC2C(C(=O)O)=NNC12. The zero-order valence-corrected chi connectivity index (χ0v) is 7.60. The van der Waals surface area contributed by atoms with E-state index in [-0.39, 0.29) is 17.7 Å². The Labute approximate surface area is 80.8 Å². The van der Waals surface area contributed by atoms with Crippen molar-refractivity contribution in [1.29, 1.82) is 0 Å². The number of carboxylic acid groups (broad SMARTS) is 1. The number of carbonyl (C=O) groups is 1. The van der Waals surface area contributed by atoms with Crippen LogP contribution in [0.3, 0.4) is 0 Å². The van der Waals surface area contributed by atoms with Gasteiger partial charge in [-0.05, 0) is 6.08 Å². The number of allylic oxidation sites excluding steroid dienone is 2. The van der Waals surface area contributed by atoms with Crippen molar-refractivity contribution in [2.45, 2.75) is 6.04 Å². The Hall–Kier alpha value is -1.78. The van der Waals surface area contributed by atoms with Crippen LogP contribution in [0.1, 0.15) is 0 Å². The van der Waals surface area contributed by atoms with E-state index in [1.54, 1.807) is 25.3 Å². The smallest absolute Gasteiger partial charge is 0.352 e. The van der Waals surface area contributed by atoms with Crippen LogP contribution in [0.5, 0.6) is 0 Å². The van der Waals surface area contributed by atoms with Crippen LogP contribution in [-0.4, -0.2) is 29.9 Å². The molecule has 0 aromatic rings. The second-order valence-corrected chi connectivity index (χ2v) is 3.09. The van der Waals surface area contributed by atoms with Gasteiger partial charge in [-0.25, -0.2) is 4.79 Å². The highest BCUT2D eigenvalue weighted by Crippen LogP contribution is 2.25. The summed E-state index contributed by atoms with van der Waals surface area (Å²) in [6.07, 6.45) is 5.39. The molecule has 2 rings (SSSR count). The van der Waals surface area contributed by atoms with Crippen LogP contribution in [0.15, 0.2) is 29.1 Å². The quantitative estimate of drug-likeness (QED) is 0.654. The molecule has 1 heterocycles. The molecule has 1 aliphatic heterocycles. The van der Waals surface area contributed by atoms with Crippen LogP contribution in [0, 0.1) is 5.92 Å². The van der Waals surface area contributed by atoms with Crippen LogP contribution in [0.2, 0.25) is 0 Å². The number of fused-ring (bicyclic) bond motifs is 1. The molecular weight excluding hydrogens is 184 g/mol. The van der Waals surface area contributed by atoms with Gasteiger partial charge in [0.2, 0.25) is 0 Å². The number of nitrogens with zero attached hydrogens (tertiary/aromatic N) is 1. The third kappa shape index (κ3) is 1.17. The van der Waals surface area contributed by atoms with E-state index in [9.17, 15) is 4.79 Å². The van der Waals surface area contributed by atoms with Crippen molar-refractivity contribution < 1.29 is 14.6 Å². The van der Waals surface area contributed by atoms with Gasteiger partial charge in [-0.3, -0.25) is 5.43 Å². The molecule has 5 heteroatoms. The first-order chi connectivity index (χ1) is 6.74. The predicted octanol–water partition coefficient (Wildman–Crippen LogP) is 0.115. The summed E-state index contributed by atoms with van der Waals surface area (Å²) in [5.74, 6) is -0.517. The molecule has 5 nitrogen and oxygen atoms in total. The van der Waals surface area contributed by atoms with E-state index in [1.165, 1.54) is 0 Å². The Morgan fingerprint density at radius 2 is 2.50 bits per heavy atom. The highest BCUT2D eigenvalue weighted by Gasteiger charge is 2.37. The summed E-state index contributed by atoms with van der Waals surface area (Å²) in [7, 11) is 1.56. The summed E-state index contributed by atoms with van der Waals surface area (Å²) in [4.78, 5) is 10.8. The molecule has 0 fully saturated rings. The molecule has 2 unspecified atom stereocenters. The Bertz CT molecular complexity index is 357. The highest BCUT2D eigenvalue weighted by molar-refractivity contribution is 6.37. The summed E-state index contributed by atoms with van der Waals surface area (Å²) in [6.45, 7) is 0. The Morgan fingerprint density at radius 1 is 1.71 bits per heavy atom. The maximum Gasteiger partial charge on any atom is 0.352 e. The summed E-state index contributed by atoms with van der Waals surface area (Å²) in [6, 6.07) is -0.170. The van der Waals surface area contributed by atoms with E-state index in [1.807, 2.05) is 0 Å². The van der Waals surface area contributed by atoms with Crippen LogP contribution in [0.4, 0.5) is 0 Å². The predicted molar refractivity (Wildman–Crippen MR) is 49.7 cm³/mol. The minimum atomic E-state index is -0.994. The number of rotatable bonds is 2. The Balaban J connectivity index is 2.26. The first-order valence-electron chi connectivity index (χ1n) is 4.23. The van der Waals surface area contributed by atoms with E-state index in [4.69, 9.17) is 9.84 Å². The molecule has 0 bridgehead atoms. The lowest BCUT2D eigenvalue weighted by atomic mass is 9.91. The minimum absolute atomic E-state index is 0.133. The van der Waals surface area contributed by atoms with Crippen molar-refractivity contribution >= 4 is 11.7 Å². The fourth-order valence-electron chi connectivity index (χ4n) is 1.65. The molecule has 14 heavy (non-hydrogen) atoms. The largest absolute Gasteiger partial charge is 0.499 e. The topological polar surface area (TPSA) is 70.9 Å². The van der Waals surface area contributed by atoms with Gasteiger partial charge < -0.3 is 9.84 Å². The summed E-state index contributed by atoms with van der Waals surface area (Å²) >= 11 is 0. The minimum Gasteiger partial charge on any atom is -0.499 e. The second kappa shape index (κ2) is 3.17. The number of hydrazone groups is 1. The molecule has 0 aromatic carbocycles. The van der Waals surface area contributed by atoms with Gasteiger partial charge in [0.25, 0.3) is 0 Å². The Kier molecular flexibility index (Phi) is 1.99. The van der Waals surface area contributed by atoms with E-state index in [2.05, 4.69) is 10.5 Å². The molecule has 74 valence electrons. The summed E-state index contributed by atoms with van der Waals surface area (Å²) < 4.78 is 5.11. The van der Waals surface area contributed by atoms with Crippen molar-refractivity contribution in [3.63, 3.8) is 0 Å².